The largest absolute Gasteiger partial charge is 0.395 e. The molecule has 2 rings (SSSR count). The van der Waals surface area contributed by atoms with Crippen molar-refractivity contribution in [3.63, 3.8) is 0 Å². The molecule has 6 heteroatoms. The minimum atomic E-state index is -0.140. The second-order valence-electron chi connectivity index (χ2n) is 6.15. The van der Waals surface area contributed by atoms with E-state index in [-0.39, 0.29) is 25.6 Å². The second kappa shape index (κ2) is 7.45. The highest BCUT2D eigenvalue weighted by molar-refractivity contribution is 5.75. The lowest BCUT2D eigenvalue weighted by Gasteiger charge is -2.33. The highest BCUT2D eigenvalue weighted by Gasteiger charge is 2.25. The Hall–Kier alpha value is -1.56. The zero-order chi connectivity index (χ0) is 15.2. The third kappa shape index (κ3) is 4.74. The molecule has 1 aromatic rings. The van der Waals surface area contributed by atoms with Crippen molar-refractivity contribution in [1.29, 1.82) is 0 Å². The van der Waals surface area contributed by atoms with Gasteiger partial charge < -0.3 is 15.7 Å². The van der Waals surface area contributed by atoms with Crippen molar-refractivity contribution < 1.29 is 9.90 Å². The van der Waals surface area contributed by atoms with E-state index in [1.165, 1.54) is 19.3 Å². The molecule has 0 aromatic carbocycles. The van der Waals surface area contributed by atoms with E-state index in [0.717, 1.165) is 11.6 Å². The number of aliphatic hydroxyl groups is 1. The summed E-state index contributed by atoms with van der Waals surface area (Å²) >= 11 is 0. The number of hydrogen-bond donors (Lipinski definition) is 3. The van der Waals surface area contributed by atoms with Crippen molar-refractivity contribution >= 4 is 11.6 Å². The molecule has 3 atom stereocenters. The molecule has 0 saturated heterocycles. The molecule has 3 N–H and O–H groups in total. The highest BCUT2D eigenvalue weighted by Crippen LogP contribution is 2.30. The summed E-state index contributed by atoms with van der Waals surface area (Å²) in [5, 5.41) is 19.0. The lowest BCUT2D eigenvalue weighted by molar-refractivity contribution is -0.122. The molecule has 21 heavy (non-hydrogen) atoms. The maximum absolute atomic E-state index is 11.6. The van der Waals surface area contributed by atoms with Gasteiger partial charge in [0.25, 0.3) is 0 Å². The lowest BCUT2D eigenvalue weighted by Crippen LogP contribution is -2.32. The fraction of sp³-hybridized carbons (Fsp3) is 0.733. The molecule has 1 aliphatic carbocycles. The maximum atomic E-state index is 11.6. The Morgan fingerprint density at radius 3 is 3.00 bits per heavy atom. The Bertz CT molecular complexity index is 460. The number of carbonyl (C=O) groups excluding carboxylic acids is 1. The average Bonchev–Trinajstić information content (AvgIpc) is 2.87. The van der Waals surface area contributed by atoms with Crippen LogP contribution < -0.4 is 10.6 Å². The summed E-state index contributed by atoms with van der Waals surface area (Å²) in [4.78, 5) is 11.6. The molecule has 118 valence electrons. The molecule has 6 nitrogen and oxygen atoms in total. The van der Waals surface area contributed by atoms with Crippen LogP contribution in [0.1, 0.15) is 33.1 Å². The van der Waals surface area contributed by atoms with Gasteiger partial charge in [0.15, 0.2) is 0 Å². The smallest absolute Gasteiger partial charge is 0.241 e. The van der Waals surface area contributed by atoms with Crippen LogP contribution in [0.4, 0.5) is 5.69 Å². The molecule has 1 heterocycles. The van der Waals surface area contributed by atoms with E-state index in [4.69, 9.17) is 5.11 Å². The van der Waals surface area contributed by atoms with Gasteiger partial charge in [-0.05, 0) is 31.1 Å². The zero-order valence-electron chi connectivity index (χ0n) is 12.9. The van der Waals surface area contributed by atoms with Crippen LogP contribution in [0.3, 0.4) is 0 Å². The first-order valence-electron chi connectivity index (χ1n) is 7.75. The first-order valence-corrected chi connectivity index (χ1v) is 7.75. The van der Waals surface area contributed by atoms with Gasteiger partial charge in [0.2, 0.25) is 5.91 Å². The zero-order valence-corrected chi connectivity index (χ0v) is 12.9. The fourth-order valence-electron chi connectivity index (χ4n) is 3.02. The normalized spacial score (nSPS) is 25.6. The summed E-state index contributed by atoms with van der Waals surface area (Å²) in [6.07, 6.45) is 7.34. The highest BCUT2D eigenvalue weighted by atomic mass is 16.3. The monoisotopic (exact) mass is 294 g/mol. The van der Waals surface area contributed by atoms with Crippen molar-refractivity contribution in [2.75, 3.05) is 18.5 Å². The number of carbonyl (C=O) groups is 1. The van der Waals surface area contributed by atoms with Gasteiger partial charge in [0.05, 0.1) is 18.5 Å². The minimum absolute atomic E-state index is 0.0460. The number of aromatic nitrogens is 2. The minimum Gasteiger partial charge on any atom is -0.395 e. The van der Waals surface area contributed by atoms with Crippen LogP contribution in [-0.2, 0) is 11.3 Å². The molecule has 0 aliphatic heterocycles. The summed E-state index contributed by atoms with van der Waals surface area (Å²) in [7, 11) is 0. The molecule has 0 bridgehead atoms. The summed E-state index contributed by atoms with van der Waals surface area (Å²) in [5.41, 5.74) is 0.969. The molecule has 1 fully saturated rings. The number of rotatable bonds is 6. The topological polar surface area (TPSA) is 79.2 Å². The van der Waals surface area contributed by atoms with Crippen LogP contribution in [0, 0.1) is 11.8 Å². The molecule has 0 spiro atoms. The van der Waals surface area contributed by atoms with Gasteiger partial charge in [-0.25, -0.2) is 0 Å². The van der Waals surface area contributed by atoms with Crippen LogP contribution in [0.25, 0.3) is 0 Å². The van der Waals surface area contributed by atoms with Crippen LogP contribution in [0.2, 0.25) is 0 Å². The van der Waals surface area contributed by atoms with E-state index in [9.17, 15) is 4.79 Å². The first kappa shape index (κ1) is 15.8. The number of aliphatic hydroxyl groups excluding tert-OH is 1. The van der Waals surface area contributed by atoms with Crippen molar-refractivity contribution in [1.82, 2.24) is 15.1 Å². The van der Waals surface area contributed by atoms with Crippen LogP contribution in [-0.4, -0.2) is 40.0 Å². The molecule has 0 unspecified atom stereocenters. The summed E-state index contributed by atoms with van der Waals surface area (Å²) < 4.78 is 1.62. The maximum Gasteiger partial charge on any atom is 0.241 e. The first-order chi connectivity index (χ1) is 10.1. The van der Waals surface area contributed by atoms with E-state index >= 15 is 0 Å². The molecule has 1 saturated carbocycles. The number of amides is 1. The van der Waals surface area contributed by atoms with Gasteiger partial charge in [0, 0.05) is 18.8 Å². The molecular formula is C15H26N4O2. The van der Waals surface area contributed by atoms with E-state index < -0.39 is 0 Å². The Labute approximate surface area is 125 Å². The molecular weight excluding hydrogens is 268 g/mol. The van der Waals surface area contributed by atoms with Gasteiger partial charge >= 0.3 is 0 Å². The third-order valence-electron chi connectivity index (χ3n) is 4.16. The van der Waals surface area contributed by atoms with E-state index in [0.29, 0.717) is 12.0 Å². The number of hydrogen-bond acceptors (Lipinski definition) is 4. The van der Waals surface area contributed by atoms with Crippen molar-refractivity contribution in [2.24, 2.45) is 11.8 Å². The Morgan fingerprint density at radius 1 is 1.48 bits per heavy atom. The Morgan fingerprint density at radius 2 is 2.29 bits per heavy atom. The summed E-state index contributed by atoms with van der Waals surface area (Å²) in [6, 6.07) is 0.488. The van der Waals surface area contributed by atoms with Crippen molar-refractivity contribution in [3.05, 3.63) is 12.4 Å². The van der Waals surface area contributed by atoms with E-state index in [2.05, 4.69) is 29.6 Å². The van der Waals surface area contributed by atoms with Crippen LogP contribution in [0.15, 0.2) is 12.4 Å². The summed E-state index contributed by atoms with van der Waals surface area (Å²) in [6.45, 7) is 5.02. The number of nitrogens with zero attached hydrogens (tertiary/aromatic N) is 2. The Kier molecular flexibility index (Phi) is 5.61. The number of anilines is 1. The van der Waals surface area contributed by atoms with Crippen molar-refractivity contribution in [3.8, 4) is 0 Å². The number of nitrogens with one attached hydrogen (secondary N) is 2. The second-order valence-corrected chi connectivity index (χ2v) is 6.15. The predicted molar refractivity (Wildman–Crippen MR) is 81.9 cm³/mol. The van der Waals surface area contributed by atoms with Crippen molar-refractivity contribution in [2.45, 2.75) is 45.7 Å². The quantitative estimate of drug-likeness (QED) is 0.737. The van der Waals surface area contributed by atoms with Crippen LogP contribution in [0.5, 0.6) is 0 Å². The molecule has 1 aliphatic rings. The molecule has 0 radical (unpaired) electrons. The summed E-state index contributed by atoms with van der Waals surface area (Å²) in [5.74, 6) is 1.33. The van der Waals surface area contributed by atoms with Gasteiger partial charge in [-0.15, -0.1) is 0 Å². The SMILES string of the molecule is C[C@@H]1CC[C@H](Nc2cnn(CC(=O)NCCO)c2)[C@@H](C)C1. The third-order valence-corrected chi connectivity index (χ3v) is 4.16. The fourth-order valence-corrected chi connectivity index (χ4v) is 3.02. The lowest BCUT2D eigenvalue weighted by atomic mass is 9.80. The van der Waals surface area contributed by atoms with Gasteiger partial charge in [-0.1, -0.05) is 13.8 Å². The van der Waals surface area contributed by atoms with E-state index in [1.54, 1.807) is 10.9 Å². The average molecular weight is 294 g/mol. The standard InChI is InChI=1S/C15H26N4O2/c1-11-3-4-14(12(2)7-11)18-13-8-17-19(9-13)10-15(21)16-5-6-20/h8-9,11-12,14,18,20H,3-7,10H2,1-2H3,(H,16,21)/t11-,12+,14+/m1/s1. The molecule has 1 amide bonds. The predicted octanol–water partition coefficient (Wildman–Crippen LogP) is 1.23. The Balaban J connectivity index is 1.84. The molecule has 1 aromatic heterocycles. The van der Waals surface area contributed by atoms with Crippen LogP contribution >= 0.6 is 0 Å². The van der Waals surface area contributed by atoms with Gasteiger partial charge in [0.1, 0.15) is 6.54 Å². The van der Waals surface area contributed by atoms with E-state index in [1.807, 2.05) is 6.20 Å². The van der Waals surface area contributed by atoms with Gasteiger partial charge in [-0.2, -0.15) is 5.10 Å². The van der Waals surface area contributed by atoms with Gasteiger partial charge in [-0.3, -0.25) is 9.48 Å².